The number of aromatic amines is 1. The van der Waals surface area contributed by atoms with Crippen LogP contribution in [-0.2, 0) is 11.3 Å². The molecule has 4 aromatic rings. The number of aromatic nitrogens is 2. The van der Waals surface area contributed by atoms with E-state index >= 15 is 0 Å². The number of pyridine rings is 1. The molecule has 2 N–H and O–H groups in total. The fraction of sp³-hybridized carbons (Fsp3) is 0.355. The number of anilines is 1. The smallest absolute Gasteiger partial charge is 0.339 e. The zero-order valence-corrected chi connectivity index (χ0v) is 23.0. The second-order valence-electron chi connectivity index (χ2n) is 10.5. The molecule has 7 heteroatoms. The molecule has 0 atom stereocenters. The first-order valence-electron chi connectivity index (χ1n) is 13.3. The molecule has 2 aromatic carbocycles. The molecule has 0 unspecified atom stereocenters. The average molecular weight is 512 g/mol. The number of H-pyrrole nitrogens is 1. The highest BCUT2D eigenvalue weighted by Gasteiger charge is 2.20. The van der Waals surface area contributed by atoms with Gasteiger partial charge in [0.25, 0.3) is 0 Å². The van der Waals surface area contributed by atoms with Crippen LogP contribution >= 0.6 is 0 Å². The molecule has 1 aliphatic heterocycles. The monoisotopic (exact) mass is 511 g/mol. The second kappa shape index (κ2) is 11.0. The van der Waals surface area contributed by atoms with E-state index in [0.29, 0.717) is 5.56 Å². The van der Waals surface area contributed by atoms with Crippen LogP contribution in [0.5, 0.6) is 0 Å². The lowest BCUT2D eigenvalue weighted by Crippen LogP contribution is -2.43. The lowest BCUT2D eigenvalue weighted by atomic mass is 9.96. The molecule has 38 heavy (non-hydrogen) atoms. The second-order valence-corrected chi connectivity index (χ2v) is 10.5. The van der Waals surface area contributed by atoms with Gasteiger partial charge in [0, 0.05) is 62.6 Å². The quantitative estimate of drug-likeness (QED) is 0.317. The van der Waals surface area contributed by atoms with Crippen LogP contribution in [0.25, 0.3) is 33.4 Å². The molecule has 0 amide bonds. The third-order valence-corrected chi connectivity index (χ3v) is 7.24. The zero-order chi connectivity index (χ0) is 26.8. The van der Waals surface area contributed by atoms with Gasteiger partial charge in [0.2, 0.25) is 0 Å². The molecular weight excluding hydrogens is 474 g/mol. The van der Waals surface area contributed by atoms with Crippen molar-refractivity contribution in [2.75, 3.05) is 45.6 Å². The Morgan fingerprint density at radius 2 is 1.87 bits per heavy atom. The molecule has 3 heterocycles. The first-order chi connectivity index (χ1) is 18.3. The zero-order valence-electron chi connectivity index (χ0n) is 23.0. The maximum absolute atomic E-state index is 12.7. The number of hydrogen-bond donors (Lipinski definition) is 2. The van der Waals surface area contributed by atoms with Crippen LogP contribution < -0.4 is 5.32 Å². The summed E-state index contributed by atoms with van der Waals surface area (Å²) in [6.07, 6.45) is 1.40. The minimum atomic E-state index is -0.364. The largest absolute Gasteiger partial charge is 0.459 e. The van der Waals surface area contributed by atoms with Gasteiger partial charge in [-0.05, 0) is 68.3 Å². The van der Waals surface area contributed by atoms with Gasteiger partial charge in [0.1, 0.15) is 5.65 Å². The van der Waals surface area contributed by atoms with Crippen molar-refractivity contribution in [3.05, 3.63) is 71.4 Å². The van der Waals surface area contributed by atoms with Gasteiger partial charge in [-0.1, -0.05) is 30.3 Å². The summed E-state index contributed by atoms with van der Waals surface area (Å²) in [6.45, 7) is 11.1. The topological polar surface area (TPSA) is 73.5 Å². The lowest BCUT2D eigenvalue weighted by molar-refractivity contribution is 0.0377. The van der Waals surface area contributed by atoms with Gasteiger partial charge in [0.05, 0.1) is 17.4 Å². The molecule has 0 radical (unpaired) electrons. The van der Waals surface area contributed by atoms with Gasteiger partial charge in [-0.15, -0.1) is 0 Å². The highest BCUT2D eigenvalue weighted by molar-refractivity contribution is 6.05. The van der Waals surface area contributed by atoms with Crippen molar-refractivity contribution in [3.8, 4) is 22.4 Å². The number of hydrogen-bond acceptors (Lipinski definition) is 6. The number of benzene rings is 2. The van der Waals surface area contributed by atoms with Gasteiger partial charge < -0.3 is 19.9 Å². The Labute approximate surface area is 224 Å². The predicted octanol–water partition coefficient (Wildman–Crippen LogP) is 5.56. The van der Waals surface area contributed by atoms with Crippen molar-refractivity contribution >= 4 is 22.7 Å². The summed E-state index contributed by atoms with van der Waals surface area (Å²) in [6, 6.07) is 17.1. The number of carbonyl (C=O) groups is 1. The molecule has 7 nitrogen and oxygen atoms in total. The normalized spacial score (nSPS) is 14.8. The van der Waals surface area contributed by atoms with Crippen molar-refractivity contribution < 1.29 is 9.53 Å². The van der Waals surface area contributed by atoms with Crippen molar-refractivity contribution in [1.29, 1.82) is 0 Å². The Hall–Kier alpha value is -3.68. The highest BCUT2D eigenvalue weighted by atomic mass is 16.5. The van der Waals surface area contributed by atoms with Gasteiger partial charge in [-0.25, -0.2) is 9.78 Å². The molecule has 1 fully saturated rings. The summed E-state index contributed by atoms with van der Waals surface area (Å²) in [7, 11) is 4.12. The van der Waals surface area contributed by atoms with Gasteiger partial charge in [-0.3, -0.25) is 4.90 Å². The van der Waals surface area contributed by atoms with E-state index in [1.54, 1.807) is 6.20 Å². The van der Waals surface area contributed by atoms with Crippen LogP contribution in [0.3, 0.4) is 0 Å². The number of likely N-dealkylation sites (N-methyl/N-ethyl adjacent to an activating group) is 1. The van der Waals surface area contributed by atoms with Crippen LogP contribution in [0.4, 0.5) is 5.69 Å². The van der Waals surface area contributed by atoms with E-state index in [-0.39, 0.29) is 12.1 Å². The number of fused-ring (bicyclic) bond motifs is 1. The molecule has 1 saturated heterocycles. The van der Waals surface area contributed by atoms with Crippen LogP contribution in [0.2, 0.25) is 0 Å². The predicted molar refractivity (Wildman–Crippen MR) is 155 cm³/mol. The van der Waals surface area contributed by atoms with E-state index in [9.17, 15) is 4.79 Å². The number of rotatable bonds is 7. The molecule has 5 rings (SSSR count). The summed E-state index contributed by atoms with van der Waals surface area (Å²) < 4.78 is 5.46. The van der Waals surface area contributed by atoms with E-state index in [2.05, 4.69) is 81.5 Å². The third kappa shape index (κ3) is 5.44. The van der Waals surface area contributed by atoms with Crippen LogP contribution in [0.1, 0.15) is 35.3 Å². The van der Waals surface area contributed by atoms with Crippen LogP contribution in [0, 0.1) is 6.92 Å². The summed E-state index contributed by atoms with van der Waals surface area (Å²) in [5, 5.41) is 4.20. The average Bonchev–Trinajstić information content (AvgIpc) is 3.29. The Morgan fingerprint density at radius 1 is 1.08 bits per heavy atom. The first kappa shape index (κ1) is 25.9. The molecule has 2 aromatic heterocycles. The Morgan fingerprint density at radius 3 is 2.61 bits per heavy atom. The third-order valence-electron chi connectivity index (χ3n) is 7.24. The summed E-state index contributed by atoms with van der Waals surface area (Å²) in [5.41, 5.74) is 8.89. The fourth-order valence-electron chi connectivity index (χ4n) is 5.12. The molecule has 198 valence electrons. The van der Waals surface area contributed by atoms with E-state index < -0.39 is 0 Å². The van der Waals surface area contributed by atoms with E-state index in [1.807, 2.05) is 27.0 Å². The van der Waals surface area contributed by atoms with Crippen LogP contribution in [0.15, 0.2) is 54.7 Å². The molecule has 0 bridgehead atoms. The van der Waals surface area contributed by atoms with Crippen LogP contribution in [-0.4, -0.2) is 72.1 Å². The van der Waals surface area contributed by atoms with Crippen molar-refractivity contribution in [2.24, 2.45) is 0 Å². The van der Waals surface area contributed by atoms with Crippen molar-refractivity contribution in [2.45, 2.75) is 33.4 Å². The van der Waals surface area contributed by atoms with Crippen molar-refractivity contribution in [1.82, 2.24) is 19.8 Å². The molecular formula is C31H37N5O2. The number of piperazine rings is 1. The van der Waals surface area contributed by atoms with Gasteiger partial charge >= 0.3 is 5.97 Å². The molecule has 1 aliphatic rings. The fourth-order valence-corrected chi connectivity index (χ4v) is 5.12. The number of ether oxygens (including phenoxy) is 1. The number of aryl methyl sites for hydroxylation is 1. The van der Waals surface area contributed by atoms with E-state index in [0.717, 1.165) is 71.8 Å². The summed E-state index contributed by atoms with van der Waals surface area (Å²) in [4.78, 5) is 25.8. The Kier molecular flexibility index (Phi) is 7.49. The molecule has 0 saturated carbocycles. The van der Waals surface area contributed by atoms with E-state index in [4.69, 9.17) is 4.74 Å². The lowest BCUT2D eigenvalue weighted by Gasteiger charge is -2.32. The minimum Gasteiger partial charge on any atom is -0.459 e. The molecule has 0 spiro atoms. The van der Waals surface area contributed by atoms with E-state index in [1.165, 1.54) is 11.1 Å². The standard InChI is InChI=1S/C31H37N5O2/c1-20(2)38-31(37)25-16-26-28(23-10-9-21(3)27(17-23)32-4)29(34-30(26)33-18-25)24-8-6-7-22(15-24)19-36-13-11-35(5)12-14-36/h6-10,15-18,20,32H,11-14,19H2,1-5H3,(H,33,34). The maximum Gasteiger partial charge on any atom is 0.339 e. The number of nitrogens with one attached hydrogen (secondary N) is 2. The van der Waals surface area contributed by atoms with Gasteiger partial charge in [-0.2, -0.15) is 0 Å². The number of carbonyl (C=O) groups excluding carboxylic acids is 1. The Balaban J connectivity index is 1.61. The highest BCUT2D eigenvalue weighted by Crippen LogP contribution is 2.39. The summed E-state index contributed by atoms with van der Waals surface area (Å²) >= 11 is 0. The number of nitrogens with zero attached hydrogens (tertiary/aromatic N) is 3. The van der Waals surface area contributed by atoms with Gasteiger partial charge in [0.15, 0.2) is 0 Å². The first-order valence-corrected chi connectivity index (χ1v) is 13.3. The van der Waals surface area contributed by atoms with Crippen molar-refractivity contribution in [3.63, 3.8) is 0 Å². The molecule has 0 aliphatic carbocycles. The number of esters is 1. The summed E-state index contributed by atoms with van der Waals surface area (Å²) in [5.74, 6) is -0.364. The SMILES string of the molecule is CNc1cc(-c2c(-c3cccc(CN4CCN(C)CC4)c3)[nH]c3ncc(C(=O)OC(C)C)cc23)ccc1C. The maximum atomic E-state index is 12.7. The minimum absolute atomic E-state index is 0.196. The Bertz CT molecular complexity index is 1450.